The van der Waals surface area contributed by atoms with Crippen molar-refractivity contribution in [2.75, 3.05) is 7.11 Å². The van der Waals surface area contributed by atoms with Crippen LogP contribution in [-0.4, -0.2) is 18.9 Å². The Bertz CT molecular complexity index is 581. The molecule has 0 aliphatic rings. The van der Waals surface area contributed by atoms with Crippen LogP contribution in [0.15, 0.2) is 24.3 Å². The van der Waals surface area contributed by atoms with Crippen LogP contribution in [0.1, 0.15) is 21.5 Å². The Balaban J connectivity index is 2.18. The van der Waals surface area contributed by atoms with Crippen molar-refractivity contribution in [1.82, 2.24) is 0 Å². The van der Waals surface area contributed by atoms with Gasteiger partial charge in [-0.15, -0.1) is 22.7 Å². The lowest BCUT2D eigenvalue weighted by Crippen LogP contribution is -2.02. The van der Waals surface area contributed by atoms with E-state index in [4.69, 9.17) is 0 Å². The Morgan fingerprint density at radius 3 is 2.39 bits per heavy atom. The smallest absolute Gasteiger partial charge is 0.310 e. The third-order valence-corrected chi connectivity index (χ3v) is 4.87. The van der Waals surface area contributed by atoms with Crippen LogP contribution < -0.4 is 0 Å². The highest BCUT2D eigenvalue weighted by molar-refractivity contribution is 7.23. The van der Waals surface area contributed by atoms with Crippen molar-refractivity contribution in [1.29, 1.82) is 0 Å². The number of esters is 1. The van der Waals surface area contributed by atoms with Gasteiger partial charge in [0.15, 0.2) is 5.78 Å². The maximum atomic E-state index is 11.2. The fourth-order valence-corrected chi connectivity index (χ4v) is 3.46. The van der Waals surface area contributed by atoms with Gasteiger partial charge in [0.2, 0.25) is 0 Å². The number of ketones is 1. The Kier molecular flexibility index (Phi) is 3.93. The van der Waals surface area contributed by atoms with E-state index in [1.165, 1.54) is 18.4 Å². The van der Waals surface area contributed by atoms with Gasteiger partial charge in [-0.2, -0.15) is 0 Å². The number of carbonyl (C=O) groups is 2. The summed E-state index contributed by atoms with van der Waals surface area (Å²) in [4.78, 5) is 26.3. The van der Waals surface area contributed by atoms with E-state index in [0.717, 1.165) is 19.5 Å². The molecule has 2 rings (SSSR count). The molecule has 0 aliphatic carbocycles. The van der Waals surface area contributed by atoms with E-state index in [1.807, 2.05) is 24.3 Å². The van der Waals surface area contributed by atoms with Gasteiger partial charge in [-0.1, -0.05) is 0 Å². The van der Waals surface area contributed by atoms with Gasteiger partial charge in [0.1, 0.15) is 0 Å². The van der Waals surface area contributed by atoms with E-state index < -0.39 is 0 Å². The van der Waals surface area contributed by atoms with E-state index >= 15 is 0 Å². The van der Waals surface area contributed by atoms with E-state index in [0.29, 0.717) is 6.42 Å². The molecule has 0 fully saturated rings. The molecule has 0 saturated heterocycles. The van der Waals surface area contributed by atoms with Crippen molar-refractivity contribution in [2.45, 2.75) is 13.3 Å². The minimum absolute atomic E-state index is 0.0811. The summed E-state index contributed by atoms with van der Waals surface area (Å²) < 4.78 is 4.63. The number of hydrogen-bond acceptors (Lipinski definition) is 5. The molecule has 3 nitrogen and oxygen atoms in total. The third-order valence-electron chi connectivity index (χ3n) is 2.40. The Morgan fingerprint density at radius 1 is 1.11 bits per heavy atom. The summed E-state index contributed by atoms with van der Waals surface area (Å²) in [5, 5.41) is 0. The lowest BCUT2D eigenvalue weighted by atomic mass is 10.3. The Labute approximate surface area is 113 Å². The Hall–Kier alpha value is -1.46. The summed E-state index contributed by atoms with van der Waals surface area (Å²) in [6.45, 7) is 1.56. The molecule has 2 aromatic heterocycles. The number of Topliss-reactive ketones (excluding diaryl/α,β-unsaturated/α-hetero) is 1. The molecular weight excluding hydrogens is 268 g/mol. The largest absolute Gasteiger partial charge is 0.469 e. The van der Waals surface area contributed by atoms with Crippen molar-refractivity contribution in [3.05, 3.63) is 34.0 Å². The van der Waals surface area contributed by atoms with Gasteiger partial charge < -0.3 is 4.74 Å². The number of rotatable bonds is 4. The predicted octanol–water partition coefficient (Wildman–Crippen LogP) is 3.39. The van der Waals surface area contributed by atoms with Crippen molar-refractivity contribution in [3.63, 3.8) is 0 Å². The summed E-state index contributed by atoms with van der Waals surface area (Å²) in [5.74, 6) is -0.156. The first-order chi connectivity index (χ1) is 8.60. The topological polar surface area (TPSA) is 43.4 Å². The fraction of sp³-hybridized carbons (Fsp3) is 0.231. The van der Waals surface area contributed by atoms with Gasteiger partial charge >= 0.3 is 5.97 Å². The van der Waals surface area contributed by atoms with E-state index in [2.05, 4.69) is 4.74 Å². The molecule has 94 valence electrons. The highest BCUT2D eigenvalue weighted by Gasteiger charge is 2.10. The SMILES string of the molecule is COC(=O)Cc1ccc(-c2ccc(C(C)=O)s2)s1. The van der Waals surface area contributed by atoms with E-state index in [1.54, 1.807) is 18.3 Å². The number of carbonyl (C=O) groups excluding carboxylic acids is 2. The lowest BCUT2D eigenvalue weighted by molar-refractivity contribution is -0.139. The summed E-state index contributed by atoms with van der Waals surface area (Å²) in [6, 6.07) is 7.67. The van der Waals surface area contributed by atoms with Gasteiger partial charge in [-0.25, -0.2) is 0 Å². The van der Waals surface area contributed by atoms with Gasteiger partial charge in [-0.3, -0.25) is 9.59 Å². The minimum atomic E-state index is -0.237. The normalized spacial score (nSPS) is 10.3. The zero-order valence-corrected chi connectivity index (χ0v) is 11.7. The number of thiophene rings is 2. The van der Waals surface area contributed by atoms with Crippen LogP contribution in [0.2, 0.25) is 0 Å². The molecule has 0 atom stereocenters. The van der Waals surface area contributed by atoms with Crippen LogP contribution in [0.3, 0.4) is 0 Å². The fourth-order valence-electron chi connectivity index (χ4n) is 1.48. The number of hydrogen-bond donors (Lipinski definition) is 0. The van der Waals surface area contributed by atoms with Gasteiger partial charge in [-0.05, 0) is 31.2 Å². The molecule has 0 amide bonds. The zero-order valence-electron chi connectivity index (χ0n) is 10.1. The first-order valence-corrected chi connectivity index (χ1v) is 7.00. The molecule has 2 aromatic rings. The van der Waals surface area contributed by atoms with Crippen LogP contribution in [0, 0.1) is 0 Å². The summed E-state index contributed by atoms with van der Waals surface area (Å²) in [7, 11) is 1.38. The van der Waals surface area contributed by atoms with Crippen LogP contribution in [0.4, 0.5) is 0 Å². The van der Waals surface area contributed by atoms with Crippen LogP contribution in [0.5, 0.6) is 0 Å². The molecule has 5 heteroatoms. The average Bonchev–Trinajstić information content (AvgIpc) is 2.96. The van der Waals surface area contributed by atoms with E-state index in [-0.39, 0.29) is 11.8 Å². The van der Waals surface area contributed by atoms with Crippen molar-refractivity contribution < 1.29 is 14.3 Å². The second-order valence-electron chi connectivity index (χ2n) is 3.74. The first-order valence-electron chi connectivity index (χ1n) is 5.37. The summed E-state index contributed by atoms with van der Waals surface area (Å²) in [5.41, 5.74) is 0. The van der Waals surface area contributed by atoms with Crippen molar-refractivity contribution in [3.8, 4) is 9.75 Å². The maximum absolute atomic E-state index is 11.2. The molecule has 0 spiro atoms. The molecule has 2 heterocycles. The van der Waals surface area contributed by atoms with Gasteiger partial charge in [0.05, 0.1) is 18.4 Å². The van der Waals surface area contributed by atoms with Crippen molar-refractivity contribution >= 4 is 34.4 Å². The quantitative estimate of drug-likeness (QED) is 0.637. The lowest BCUT2D eigenvalue weighted by Gasteiger charge is -1.94. The zero-order chi connectivity index (χ0) is 13.1. The molecule has 0 aliphatic heterocycles. The summed E-state index contributed by atoms with van der Waals surface area (Å²) >= 11 is 3.03. The van der Waals surface area contributed by atoms with Crippen LogP contribution in [-0.2, 0) is 16.0 Å². The average molecular weight is 280 g/mol. The standard InChI is InChI=1S/C13H12O3S2/c1-8(14)10-5-6-12(18-10)11-4-3-9(17-11)7-13(15)16-2/h3-6H,7H2,1-2H3. The molecule has 18 heavy (non-hydrogen) atoms. The highest BCUT2D eigenvalue weighted by atomic mass is 32.1. The maximum Gasteiger partial charge on any atom is 0.310 e. The third kappa shape index (κ3) is 2.86. The van der Waals surface area contributed by atoms with Gasteiger partial charge in [0, 0.05) is 14.6 Å². The van der Waals surface area contributed by atoms with Crippen LogP contribution >= 0.6 is 22.7 Å². The molecule has 0 aromatic carbocycles. The first kappa shape index (κ1) is 13.0. The molecule has 0 saturated carbocycles. The predicted molar refractivity (Wildman–Crippen MR) is 73.4 cm³/mol. The molecular formula is C13H12O3S2. The van der Waals surface area contributed by atoms with Crippen molar-refractivity contribution in [2.24, 2.45) is 0 Å². The van der Waals surface area contributed by atoms with E-state index in [9.17, 15) is 9.59 Å². The van der Waals surface area contributed by atoms with Gasteiger partial charge in [0.25, 0.3) is 0 Å². The molecule has 0 bridgehead atoms. The number of ether oxygens (including phenoxy) is 1. The summed E-state index contributed by atoms with van der Waals surface area (Å²) in [6.07, 6.45) is 0.298. The molecule has 0 N–H and O–H groups in total. The minimum Gasteiger partial charge on any atom is -0.469 e. The molecule has 0 radical (unpaired) electrons. The number of methoxy groups -OCH3 is 1. The second-order valence-corrected chi connectivity index (χ2v) is 5.99. The monoisotopic (exact) mass is 280 g/mol. The molecule has 0 unspecified atom stereocenters. The second kappa shape index (κ2) is 5.46. The van der Waals surface area contributed by atoms with Crippen LogP contribution in [0.25, 0.3) is 9.75 Å². The highest BCUT2D eigenvalue weighted by Crippen LogP contribution is 2.33. The Morgan fingerprint density at radius 2 is 1.78 bits per heavy atom.